The summed E-state index contributed by atoms with van der Waals surface area (Å²) in [5.74, 6) is -1.93. The van der Waals surface area contributed by atoms with Gasteiger partial charge in [-0.3, -0.25) is 14.5 Å². The van der Waals surface area contributed by atoms with E-state index in [0.29, 0.717) is 5.69 Å². The Hall–Kier alpha value is -2.08. The predicted octanol–water partition coefficient (Wildman–Crippen LogP) is 2.32. The van der Waals surface area contributed by atoms with Crippen LogP contribution in [-0.2, 0) is 11.3 Å². The second-order valence-electron chi connectivity index (χ2n) is 4.21. The average molecular weight is 276 g/mol. The van der Waals surface area contributed by atoms with Gasteiger partial charge in [0.15, 0.2) is 0 Å². The number of para-hydroxylation sites is 1. The number of carbonyl (C=O) groups excluding carboxylic acids is 2. The first kappa shape index (κ1) is 12.0. The Morgan fingerprint density at radius 2 is 2.16 bits per heavy atom. The van der Waals surface area contributed by atoms with Crippen molar-refractivity contribution in [3.8, 4) is 0 Å². The summed E-state index contributed by atoms with van der Waals surface area (Å²) >= 11 is 1.45. The monoisotopic (exact) mass is 276 g/mol. The van der Waals surface area contributed by atoms with Crippen LogP contribution in [0.2, 0.25) is 0 Å². The van der Waals surface area contributed by atoms with Crippen molar-refractivity contribution in [3.05, 3.63) is 45.7 Å². The quantitative estimate of drug-likeness (QED) is 0.791. The highest BCUT2D eigenvalue weighted by Crippen LogP contribution is 2.32. The Bertz CT molecular complexity index is 696. The first-order chi connectivity index (χ1) is 9.08. The molecule has 3 rings (SSSR count). The van der Waals surface area contributed by atoms with Gasteiger partial charge in [-0.05, 0) is 19.1 Å². The highest BCUT2D eigenvalue weighted by molar-refractivity contribution is 7.09. The van der Waals surface area contributed by atoms with Crippen LogP contribution in [0.3, 0.4) is 0 Å². The number of rotatable bonds is 2. The van der Waals surface area contributed by atoms with E-state index < -0.39 is 17.5 Å². The van der Waals surface area contributed by atoms with E-state index in [1.54, 1.807) is 5.38 Å². The van der Waals surface area contributed by atoms with Gasteiger partial charge in [-0.1, -0.05) is 6.07 Å². The molecule has 1 aromatic carbocycles. The maximum absolute atomic E-state index is 13.8. The van der Waals surface area contributed by atoms with Crippen LogP contribution in [0.4, 0.5) is 10.1 Å². The average Bonchev–Trinajstić information content (AvgIpc) is 2.89. The molecule has 1 amide bonds. The highest BCUT2D eigenvalue weighted by atomic mass is 32.1. The van der Waals surface area contributed by atoms with Crippen LogP contribution in [0.1, 0.15) is 21.1 Å². The first-order valence-electron chi connectivity index (χ1n) is 5.63. The van der Waals surface area contributed by atoms with Crippen LogP contribution in [-0.4, -0.2) is 16.7 Å². The molecule has 0 atom stereocenters. The van der Waals surface area contributed by atoms with Crippen molar-refractivity contribution in [2.75, 3.05) is 4.90 Å². The Morgan fingerprint density at radius 3 is 2.84 bits per heavy atom. The Labute approximate surface area is 112 Å². The van der Waals surface area contributed by atoms with Crippen molar-refractivity contribution in [1.29, 1.82) is 0 Å². The smallest absolute Gasteiger partial charge is 0.296 e. The van der Waals surface area contributed by atoms with Crippen LogP contribution in [0.15, 0.2) is 23.6 Å². The summed E-state index contributed by atoms with van der Waals surface area (Å²) in [7, 11) is 0. The number of benzene rings is 1. The standard InChI is InChI=1S/C13H9FN2O2S/c1-7-15-8(6-19-7)5-16-11-9(12(17)13(16)18)3-2-4-10(11)14/h2-4,6H,5H2,1H3. The number of aryl methyl sites for hydroxylation is 1. The Morgan fingerprint density at radius 1 is 1.37 bits per heavy atom. The van der Waals surface area contributed by atoms with E-state index in [-0.39, 0.29) is 17.8 Å². The van der Waals surface area contributed by atoms with Crippen molar-refractivity contribution in [1.82, 2.24) is 4.98 Å². The van der Waals surface area contributed by atoms with Crippen LogP contribution in [0, 0.1) is 12.7 Å². The molecule has 0 aliphatic carbocycles. The van der Waals surface area contributed by atoms with E-state index in [9.17, 15) is 14.0 Å². The van der Waals surface area contributed by atoms with Crippen LogP contribution in [0.5, 0.6) is 0 Å². The fourth-order valence-electron chi connectivity index (χ4n) is 2.11. The van der Waals surface area contributed by atoms with Gasteiger partial charge in [0, 0.05) is 5.38 Å². The molecule has 6 heteroatoms. The van der Waals surface area contributed by atoms with Gasteiger partial charge in [0.2, 0.25) is 0 Å². The van der Waals surface area contributed by atoms with Crippen LogP contribution in [0.25, 0.3) is 0 Å². The maximum Gasteiger partial charge on any atom is 0.299 e. The number of Topliss-reactive ketones (excluding diaryl/α,β-unsaturated/α-hetero) is 1. The largest absolute Gasteiger partial charge is 0.299 e. The van der Waals surface area contributed by atoms with E-state index in [0.717, 1.165) is 9.91 Å². The fourth-order valence-corrected chi connectivity index (χ4v) is 2.71. The van der Waals surface area contributed by atoms with Gasteiger partial charge in [-0.25, -0.2) is 9.37 Å². The number of thiazole rings is 1. The van der Waals surface area contributed by atoms with Crippen molar-refractivity contribution in [2.45, 2.75) is 13.5 Å². The number of ketones is 1. The number of aromatic nitrogens is 1. The number of hydrogen-bond donors (Lipinski definition) is 0. The lowest BCUT2D eigenvalue weighted by Gasteiger charge is -2.15. The summed E-state index contributed by atoms with van der Waals surface area (Å²) in [4.78, 5) is 29.1. The second-order valence-corrected chi connectivity index (χ2v) is 5.28. The van der Waals surface area contributed by atoms with Gasteiger partial charge in [-0.15, -0.1) is 11.3 Å². The molecule has 96 valence electrons. The predicted molar refractivity (Wildman–Crippen MR) is 68.8 cm³/mol. The van der Waals surface area contributed by atoms with Gasteiger partial charge >= 0.3 is 0 Å². The Balaban J connectivity index is 2.04. The summed E-state index contributed by atoms with van der Waals surface area (Å²) in [5, 5.41) is 2.66. The number of halogens is 1. The minimum atomic E-state index is -0.703. The molecule has 2 heterocycles. The Kier molecular flexibility index (Phi) is 2.67. The van der Waals surface area contributed by atoms with Crippen LogP contribution >= 0.6 is 11.3 Å². The second kappa shape index (κ2) is 4.24. The van der Waals surface area contributed by atoms with Gasteiger partial charge < -0.3 is 0 Å². The third kappa shape index (κ3) is 1.84. The zero-order chi connectivity index (χ0) is 13.6. The fraction of sp³-hybridized carbons (Fsp3) is 0.154. The summed E-state index contributed by atoms with van der Waals surface area (Å²) in [6, 6.07) is 4.13. The summed E-state index contributed by atoms with van der Waals surface area (Å²) in [6.45, 7) is 1.96. The van der Waals surface area contributed by atoms with E-state index >= 15 is 0 Å². The van der Waals surface area contributed by atoms with Gasteiger partial charge in [0.1, 0.15) is 5.82 Å². The first-order valence-corrected chi connectivity index (χ1v) is 6.51. The number of carbonyl (C=O) groups is 2. The number of amides is 1. The zero-order valence-corrected chi connectivity index (χ0v) is 10.8. The number of nitrogens with zero attached hydrogens (tertiary/aromatic N) is 2. The molecule has 1 aliphatic rings. The topological polar surface area (TPSA) is 50.3 Å². The lowest BCUT2D eigenvalue weighted by atomic mass is 10.1. The van der Waals surface area contributed by atoms with Crippen molar-refractivity contribution in [2.24, 2.45) is 0 Å². The molecule has 0 radical (unpaired) electrons. The van der Waals surface area contributed by atoms with Gasteiger partial charge in [0.25, 0.3) is 11.7 Å². The SMILES string of the molecule is Cc1nc(CN2C(=O)C(=O)c3cccc(F)c32)cs1. The van der Waals surface area contributed by atoms with E-state index in [2.05, 4.69) is 4.98 Å². The summed E-state index contributed by atoms with van der Waals surface area (Å²) in [5.41, 5.74) is 0.833. The lowest BCUT2D eigenvalue weighted by Crippen LogP contribution is -2.29. The molecule has 0 bridgehead atoms. The molecule has 1 aliphatic heterocycles. The van der Waals surface area contributed by atoms with Crippen molar-refractivity contribution >= 4 is 28.7 Å². The number of fused-ring (bicyclic) bond motifs is 1. The third-order valence-corrected chi connectivity index (χ3v) is 3.75. The molecule has 0 spiro atoms. The molecule has 0 unspecified atom stereocenters. The maximum atomic E-state index is 13.8. The minimum Gasteiger partial charge on any atom is -0.296 e. The molecule has 4 nitrogen and oxygen atoms in total. The molecule has 0 saturated heterocycles. The molecule has 0 fully saturated rings. The van der Waals surface area contributed by atoms with Crippen LogP contribution < -0.4 is 4.90 Å². The molecular weight excluding hydrogens is 267 g/mol. The normalized spacial score (nSPS) is 14.1. The highest BCUT2D eigenvalue weighted by Gasteiger charge is 2.38. The van der Waals surface area contributed by atoms with Gasteiger partial charge in [-0.2, -0.15) is 0 Å². The van der Waals surface area contributed by atoms with Gasteiger partial charge in [0.05, 0.1) is 28.5 Å². The molecule has 19 heavy (non-hydrogen) atoms. The molecule has 0 N–H and O–H groups in total. The molecule has 1 aromatic heterocycles. The van der Waals surface area contributed by atoms with E-state index in [1.165, 1.54) is 29.5 Å². The van der Waals surface area contributed by atoms with E-state index in [4.69, 9.17) is 0 Å². The summed E-state index contributed by atoms with van der Waals surface area (Å²) < 4.78 is 13.8. The summed E-state index contributed by atoms with van der Waals surface area (Å²) in [6.07, 6.45) is 0. The molecule has 0 saturated carbocycles. The number of anilines is 1. The molecular formula is C13H9FN2O2S. The van der Waals surface area contributed by atoms with Crippen molar-refractivity contribution in [3.63, 3.8) is 0 Å². The van der Waals surface area contributed by atoms with E-state index in [1.807, 2.05) is 6.92 Å². The molecule has 2 aromatic rings. The third-order valence-electron chi connectivity index (χ3n) is 2.93. The minimum absolute atomic E-state index is 0.0585. The number of hydrogen-bond acceptors (Lipinski definition) is 4. The lowest BCUT2D eigenvalue weighted by molar-refractivity contribution is -0.114. The zero-order valence-electron chi connectivity index (χ0n) is 10.0. The van der Waals surface area contributed by atoms with Crippen molar-refractivity contribution < 1.29 is 14.0 Å².